The first-order chi connectivity index (χ1) is 14.0. The maximum atomic E-state index is 13.2. The van der Waals surface area contributed by atoms with Gasteiger partial charge in [-0.25, -0.2) is 0 Å². The number of aliphatic hydroxyl groups is 2. The molecule has 3 heteroatoms. The molecule has 0 spiro atoms. The van der Waals surface area contributed by atoms with Gasteiger partial charge in [0, 0.05) is 11.8 Å². The summed E-state index contributed by atoms with van der Waals surface area (Å²) in [7, 11) is 0. The van der Waals surface area contributed by atoms with E-state index >= 15 is 0 Å². The molecule has 0 aliphatic heterocycles. The van der Waals surface area contributed by atoms with Gasteiger partial charge < -0.3 is 10.2 Å². The van der Waals surface area contributed by atoms with Crippen molar-refractivity contribution in [3.63, 3.8) is 0 Å². The van der Waals surface area contributed by atoms with Gasteiger partial charge in [-0.15, -0.1) is 0 Å². The van der Waals surface area contributed by atoms with Crippen LogP contribution in [0.3, 0.4) is 0 Å². The molecule has 0 aromatic rings. The molecule has 0 heterocycles. The number of allylic oxidation sites excluding steroid dienone is 1. The van der Waals surface area contributed by atoms with E-state index in [0.29, 0.717) is 23.7 Å². The lowest BCUT2D eigenvalue weighted by molar-refractivity contribution is -0.180. The van der Waals surface area contributed by atoms with Crippen LogP contribution in [0.5, 0.6) is 0 Å². The summed E-state index contributed by atoms with van der Waals surface area (Å²) in [5.74, 6) is 2.92. The van der Waals surface area contributed by atoms with Gasteiger partial charge in [-0.2, -0.15) is 0 Å². The standard InChI is InChI=1S/C27H44O3/c1-17(2)7-6-8-18(3)21-9-10-22-20-15-24(29)27(30)16-19(28)11-14-26(27,5)23(20)12-13-25(21,22)4/h15,17-19,21-23,28,30H,6-14,16H2,1-5H3. The number of hydrogen-bond acceptors (Lipinski definition) is 3. The van der Waals surface area contributed by atoms with Crippen molar-refractivity contribution in [3.8, 4) is 0 Å². The van der Waals surface area contributed by atoms with E-state index in [1.807, 2.05) is 6.08 Å². The second-order valence-electron chi connectivity index (χ2n) is 12.3. The molecule has 0 radical (unpaired) electrons. The molecule has 4 rings (SSSR count). The smallest absolute Gasteiger partial charge is 0.187 e. The first-order valence-electron chi connectivity index (χ1n) is 12.7. The molecule has 0 aromatic heterocycles. The Balaban J connectivity index is 1.59. The van der Waals surface area contributed by atoms with Crippen LogP contribution in [-0.4, -0.2) is 27.7 Å². The third kappa shape index (κ3) is 3.25. The van der Waals surface area contributed by atoms with E-state index in [9.17, 15) is 15.0 Å². The van der Waals surface area contributed by atoms with E-state index in [4.69, 9.17) is 0 Å². The highest BCUT2D eigenvalue weighted by Gasteiger charge is 2.65. The third-order valence-electron chi connectivity index (χ3n) is 10.3. The van der Waals surface area contributed by atoms with Gasteiger partial charge in [0.25, 0.3) is 0 Å². The maximum Gasteiger partial charge on any atom is 0.187 e. The fourth-order valence-electron chi connectivity index (χ4n) is 8.37. The highest BCUT2D eigenvalue weighted by atomic mass is 16.3. The predicted molar refractivity (Wildman–Crippen MR) is 121 cm³/mol. The Morgan fingerprint density at radius 1 is 1.03 bits per heavy atom. The van der Waals surface area contributed by atoms with Gasteiger partial charge in [0.15, 0.2) is 5.78 Å². The van der Waals surface area contributed by atoms with E-state index < -0.39 is 17.1 Å². The van der Waals surface area contributed by atoms with Gasteiger partial charge in [0.1, 0.15) is 5.60 Å². The molecule has 4 aliphatic rings. The molecule has 170 valence electrons. The van der Waals surface area contributed by atoms with Crippen LogP contribution in [0.1, 0.15) is 98.8 Å². The topological polar surface area (TPSA) is 57.5 Å². The minimum absolute atomic E-state index is 0.132. The van der Waals surface area contributed by atoms with Gasteiger partial charge in [-0.1, -0.05) is 59.5 Å². The van der Waals surface area contributed by atoms with Crippen molar-refractivity contribution in [1.29, 1.82) is 0 Å². The van der Waals surface area contributed by atoms with Crippen LogP contribution in [0.25, 0.3) is 0 Å². The molecule has 3 nitrogen and oxygen atoms in total. The van der Waals surface area contributed by atoms with E-state index in [2.05, 4.69) is 34.6 Å². The van der Waals surface area contributed by atoms with Crippen molar-refractivity contribution < 1.29 is 15.0 Å². The number of ketones is 1. The molecule has 2 N–H and O–H groups in total. The van der Waals surface area contributed by atoms with E-state index in [-0.39, 0.29) is 12.2 Å². The summed E-state index contributed by atoms with van der Waals surface area (Å²) in [6.45, 7) is 11.7. The summed E-state index contributed by atoms with van der Waals surface area (Å²) in [6.07, 6.45) is 11.7. The van der Waals surface area contributed by atoms with Crippen LogP contribution in [0.15, 0.2) is 11.6 Å². The molecule has 8 atom stereocenters. The lowest BCUT2D eigenvalue weighted by Gasteiger charge is -2.60. The Morgan fingerprint density at radius 3 is 2.47 bits per heavy atom. The quantitative estimate of drug-likeness (QED) is 0.606. The summed E-state index contributed by atoms with van der Waals surface area (Å²) in [6, 6.07) is 0. The number of carbonyl (C=O) groups excluding carboxylic acids is 1. The SMILES string of the molecule is CC(C)CCCC(C)C1CCC2C3=CC(=O)C4(O)CC(O)CCC4(C)C3CCC21C. The summed E-state index contributed by atoms with van der Waals surface area (Å²) < 4.78 is 0. The van der Waals surface area contributed by atoms with E-state index in [1.54, 1.807) is 0 Å². The van der Waals surface area contributed by atoms with Crippen LogP contribution in [0.4, 0.5) is 0 Å². The van der Waals surface area contributed by atoms with Gasteiger partial charge in [-0.05, 0) is 79.6 Å². The van der Waals surface area contributed by atoms with E-state index in [0.717, 1.165) is 30.6 Å². The lowest BCUT2D eigenvalue weighted by Crippen LogP contribution is -2.64. The fourth-order valence-corrected chi connectivity index (χ4v) is 8.37. The maximum absolute atomic E-state index is 13.2. The minimum Gasteiger partial charge on any atom is -0.393 e. The average molecular weight is 417 g/mol. The Labute approximate surface area is 183 Å². The average Bonchev–Trinajstić information content (AvgIpc) is 3.01. The van der Waals surface area contributed by atoms with Crippen LogP contribution in [-0.2, 0) is 4.79 Å². The van der Waals surface area contributed by atoms with Gasteiger partial charge in [0.2, 0.25) is 0 Å². The molecule has 3 fully saturated rings. The largest absolute Gasteiger partial charge is 0.393 e. The second kappa shape index (κ2) is 7.73. The number of hydrogen-bond donors (Lipinski definition) is 2. The first kappa shape index (κ1) is 22.5. The molecule has 30 heavy (non-hydrogen) atoms. The molecule has 0 bridgehead atoms. The lowest BCUT2D eigenvalue weighted by atomic mass is 9.46. The monoisotopic (exact) mass is 416 g/mol. The number of carbonyl (C=O) groups is 1. The van der Waals surface area contributed by atoms with Crippen molar-refractivity contribution in [1.82, 2.24) is 0 Å². The molecule has 4 aliphatic carbocycles. The van der Waals surface area contributed by atoms with Crippen LogP contribution in [0.2, 0.25) is 0 Å². The summed E-state index contributed by atoms with van der Waals surface area (Å²) in [5, 5.41) is 21.7. The summed E-state index contributed by atoms with van der Waals surface area (Å²) >= 11 is 0. The van der Waals surface area contributed by atoms with E-state index in [1.165, 1.54) is 44.1 Å². The zero-order chi connectivity index (χ0) is 21.9. The van der Waals surface area contributed by atoms with Crippen LogP contribution >= 0.6 is 0 Å². The van der Waals surface area contributed by atoms with Crippen molar-refractivity contribution >= 4 is 5.78 Å². The normalized spacial score (nSPS) is 46.8. The molecule has 3 saturated carbocycles. The Bertz CT molecular complexity index is 711. The van der Waals surface area contributed by atoms with Crippen molar-refractivity contribution in [2.75, 3.05) is 0 Å². The van der Waals surface area contributed by atoms with Gasteiger partial charge in [0.05, 0.1) is 6.10 Å². The highest BCUT2D eigenvalue weighted by Crippen LogP contribution is 2.67. The molecule has 8 unspecified atom stereocenters. The van der Waals surface area contributed by atoms with Gasteiger partial charge >= 0.3 is 0 Å². The predicted octanol–water partition coefficient (Wildman–Crippen LogP) is 5.68. The van der Waals surface area contributed by atoms with Crippen molar-refractivity contribution in [3.05, 3.63) is 11.6 Å². The van der Waals surface area contributed by atoms with Crippen LogP contribution in [0, 0.1) is 40.4 Å². The summed E-state index contributed by atoms with van der Waals surface area (Å²) in [4.78, 5) is 13.2. The Hall–Kier alpha value is -0.670. The van der Waals surface area contributed by atoms with Crippen molar-refractivity contribution in [2.45, 2.75) is 111 Å². The zero-order valence-electron chi connectivity index (χ0n) is 19.9. The molecule has 0 saturated heterocycles. The highest BCUT2D eigenvalue weighted by molar-refractivity contribution is 5.99. The minimum atomic E-state index is -1.38. The van der Waals surface area contributed by atoms with Crippen molar-refractivity contribution in [2.24, 2.45) is 40.4 Å². The van der Waals surface area contributed by atoms with Crippen LogP contribution < -0.4 is 0 Å². The Morgan fingerprint density at radius 2 is 1.77 bits per heavy atom. The number of aliphatic hydroxyl groups excluding tert-OH is 1. The third-order valence-corrected chi connectivity index (χ3v) is 10.3. The number of fused-ring (bicyclic) bond motifs is 5. The molecule has 0 amide bonds. The Kier molecular flexibility index (Phi) is 5.80. The number of rotatable bonds is 5. The molecular weight excluding hydrogens is 372 g/mol. The molecular formula is C27H44O3. The fraction of sp³-hybridized carbons (Fsp3) is 0.889. The second-order valence-corrected chi connectivity index (χ2v) is 12.3. The molecule has 0 aromatic carbocycles. The first-order valence-corrected chi connectivity index (χ1v) is 12.7. The zero-order valence-corrected chi connectivity index (χ0v) is 19.9. The van der Waals surface area contributed by atoms with Gasteiger partial charge in [-0.3, -0.25) is 4.79 Å². The summed E-state index contributed by atoms with van der Waals surface area (Å²) in [5.41, 5.74) is -0.154.